The van der Waals surface area contributed by atoms with Crippen molar-refractivity contribution in [3.63, 3.8) is 0 Å². The van der Waals surface area contributed by atoms with Crippen molar-refractivity contribution in [2.75, 3.05) is 13.7 Å². The molecule has 2 rings (SSSR count). The van der Waals surface area contributed by atoms with Crippen molar-refractivity contribution < 1.29 is 38.4 Å². The van der Waals surface area contributed by atoms with Gasteiger partial charge in [-0.25, -0.2) is 0 Å². The number of benzene rings is 1. The van der Waals surface area contributed by atoms with Crippen LogP contribution in [0.3, 0.4) is 0 Å². The third-order valence-electron chi connectivity index (χ3n) is 3.59. The van der Waals surface area contributed by atoms with Crippen molar-refractivity contribution in [1.29, 1.82) is 0 Å². The molecule has 0 amide bonds. The van der Waals surface area contributed by atoms with Gasteiger partial charge in [-0.1, -0.05) is 6.07 Å². The second-order valence-electron chi connectivity index (χ2n) is 5.69. The first-order chi connectivity index (χ1) is 11.8. The molecule has 25 heavy (non-hydrogen) atoms. The minimum Gasteiger partial charge on any atom is -0.493 e. The summed E-state index contributed by atoms with van der Waals surface area (Å²) < 4.78 is 26.5. The standard InChI is InChI=1S/C17H22O8/c1-9-5-6-12(13(7-9)21-4)25-17-15(20)16(24-11(3)19)14(8-22-17)23-10(2)18/h5-7,14-17,20H,8H2,1-4H3/t14-,15-,16+,17+/m1/s1. The van der Waals surface area contributed by atoms with Crippen LogP contribution in [0.25, 0.3) is 0 Å². The number of carbonyl (C=O) groups is 2. The highest BCUT2D eigenvalue weighted by atomic mass is 16.7. The summed E-state index contributed by atoms with van der Waals surface area (Å²) >= 11 is 0. The minimum absolute atomic E-state index is 0.0899. The molecule has 8 heteroatoms. The Morgan fingerprint density at radius 2 is 1.84 bits per heavy atom. The van der Waals surface area contributed by atoms with E-state index < -0.39 is 36.5 Å². The largest absolute Gasteiger partial charge is 0.493 e. The van der Waals surface area contributed by atoms with Crippen molar-refractivity contribution >= 4 is 11.9 Å². The molecular weight excluding hydrogens is 332 g/mol. The molecule has 0 saturated carbocycles. The number of aliphatic hydroxyl groups is 1. The number of aliphatic hydroxyl groups excluding tert-OH is 1. The Morgan fingerprint density at radius 1 is 1.16 bits per heavy atom. The summed E-state index contributed by atoms with van der Waals surface area (Å²) in [6.45, 7) is 4.23. The molecule has 1 N–H and O–H groups in total. The number of carbonyl (C=O) groups excluding carboxylic acids is 2. The Balaban J connectivity index is 2.17. The van der Waals surface area contributed by atoms with E-state index in [1.165, 1.54) is 21.0 Å². The van der Waals surface area contributed by atoms with E-state index in [0.29, 0.717) is 11.5 Å². The fourth-order valence-electron chi connectivity index (χ4n) is 2.51. The normalized spacial score (nSPS) is 25.8. The third-order valence-corrected chi connectivity index (χ3v) is 3.59. The molecule has 0 unspecified atom stereocenters. The van der Waals surface area contributed by atoms with Gasteiger partial charge in [-0.3, -0.25) is 9.59 Å². The van der Waals surface area contributed by atoms with Crippen molar-refractivity contribution in [3.8, 4) is 11.5 Å². The van der Waals surface area contributed by atoms with E-state index in [1.807, 2.05) is 13.0 Å². The zero-order valence-corrected chi connectivity index (χ0v) is 14.6. The summed E-state index contributed by atoms with van der Waals surface area (Å²) in [4.78, 5) is 22.5. The Labute approximate surface area is 145 Å². The predicted molar refractivity (Wildman–Crippen MR) is 85.2 cm³/mol. The fraction of sp³-hybridized carbons (Fsp3) is 0.529. The van der Waals surface area contributed by atoms with Gasteiger partial charge < -0.3 is 28.8 Å². The monoisotopic (exact) mass is 354 g/mol. The van der Waals surface area contributed by atoms with Crippen LogP contribution >= 0.6 is 0 Å². The molecule has 1 aliphatic heterocycles. The SMILES string of the molecule is COc1cc(C)ccc1O[C@@H]1OC[C@@H](OC(C)=O)[C@H](OC(C)=O)[C@H]1O. The van der Waals surface area contributed by atoms with E-state index in [2.05, 4.69) is 0 Å². The summed E-state index contributed by atoms with van der Waals surface area (Å²) in [5.41, 5.74) is 0.974. The Morgan fingerprint density at radius 3 is 2.44 bits per heavy atom. The Bertz CT molecular complexity index is 629. The molecule has 1 saturated heterocycles. The van der Waals surface area contributed by atoms with Gasteiger partial charge in [-0.05, 0) is 24.6 Å². The molecule has 1 aromatic carbocycles. The van der Waals surface area contributed by atoms with Gasteiger partial charge in [0.2, 0.25) is 6.29 Å². The number of hydrogen-bond acceptors (Lipinski definition) is 8. The van der Waals surface area contributed by atoms with Crippen LogP contribution in [0.15, 0.2) is 18.2 Å². The van der Waals surface area contributed by atoms with E-state index in [0.717, 1.165) is 5.56 Å². The molecule has 0 bridgehead atoms. The summed E-state index contributed by atoms with van der Waals surface area (Å²) in [6, 6.07) is 5.28. The lowest BCUT2D eigenvalue weighted by atomic mass is 10.0. The Hall–Kier alpha value is -2.32. The van der Waals surface area contributed by atoms with Crippen LogP contribution in [0.1, 0.15) is 19.4 Å². The van der Waals surface area contributed by atoms with Gasteiger partial charge in [0, 0.05) is 13.8 Å². The molecule has 8 nitrogen and oxygen atoms in total. The van der Waals surface area contributed by atoms with Gasteiger partial charge >= 0.3 is 11.9 Å². The van der Waals surface area contributed by atoms with Crippen LogP contribution in [0.4, 0.5) is 0 Å². The lowest BCUT2D eigenvalue weighted by Crippen LogP contribution is -2.57. The molecule has 1 aromatic rings. The average molecular weight is 354 g/mol. The van der Waals surface area contributed by atoms with E-state index in [4.69, 9.17) is 23.7 Å². The topological polar surface area (TPSA) is 101 Å². The minimum atomic E-state index is -1.35. The molecule has 0 radical (unpaired) electrons. The van der Waals surface area contributed by atoms with Gasteiger partial charge in [0.1, 0.15) is 0 Å². The van der Waals surface area contributed by atoms with Gasteiger partial charge in [-0.15, -0.1) is 0 Å². The summed E-state index contributed by atoms with van der Waals surface area (Å²) in [5, 5.41) is 10.5. The number of ether oxygens (including phenoxy) is 5. The van der Waals surface area contributed by atoms with Crippen LogP contribution in [-0.4, -0.2) is 55.4 Å². The van der Waals surface area contributed by atoms with Gasteiger partial charge in [0.25, 0.3) is 0 Å². The quantitative estimate of drug-likeness (QED) is 0.781. The smallest absolute Gasteiger partial charge is 0.303 e. The zero-order valence-electron chi connectivity index (χ0n) is 14.6. The van der Waals surface area contributed by atoms with Crippen LogP contribution in [0.5, 0.6) is 11.5 Å². The van der Waals surface area contributed by atoms with E-state index in [9.17, 15) is 14.7 Å². The molecule has 1 fully saturated rings. The number of esters is 2. The van der Waals surface area contributed by atoms with Crippen molar-refractivity contribution in [3.05, 3.63) is 23.8 Å². The molecular formula is C17H22O8. The van der Waals surface area contributed by atoms with Crippen molar-refractivity contribution in [2.24, 2.45) is 0 Å². The highest BCUT2D eigenvalue weighted by molar-refractivity contribution is 5.67. The van der Waals surface area contributed by atoms with Crippen LogP contribution in [0.2, 0.25) is 0 Å². The molecule has 1 aliphatic rings. The maximum atomic E-state index is 11.3. The highest BCUT2D eigenvalue weighted by Gasteiger charge is 2.45. The van der Waals surface area contributed by atoms with E-state index in [-0.39, 0.29) is 6.61 Å². The predicted octanol–water partition coefficient (Wildman–Crippen LogP) is 0.963. The molecule has 1 heterocycles. The van der Waals surface area contributed by atoms with Crippen LogP contribution in [-0.2, 0) is 23.8 Å². The van der Waals surface area contributed by atoms with Gasteiger partial charge in [-0.2, -0.15) is 0 Å². The molecule has 0 aromatic heterocycles. The maximum absolute atomic E-state index is 11.3. The first-order valence-electron chi connectivity index (χ1n) is 7.77. The Kier molecular flexibility index (Phi) is 6.22. The second kappa shape index (κ2) is 8.17. The summed E-state index contributed by atoms with van der Waals surface area (Å²) in [7, 11) is 1.50. The average Bonchev–Trinajstić information content (AvgIpc) is 2.54. The molecule has 0 spiro atoms. The van der Waals surface area contributed by atoms with Gasteiger partial charge in [0.15, 0.2) is 29.8 Å². The van der Waals surface area contributed by atoms with E-state index >= 15 is 0 Å². The molecule has 4 atom stereocenters. The number of hydrogen-bond donors (Lipinski definition) is 1. The number of rotatable bonds is 5. The molecule has 0 aliphatic carbocycles. The van der Waals surface area contributed by atoms with Gasteiger partial charge in [0.05, 0.1) is 13.7 Å². The number of aryl methyl sites for hydroxylation is 1. The third kappa shape index (κ3) is 4.83. The second-order valence-corrected chi connectivity index (χ2v) is 5.69. The van der Waals surface area contributed by atoms with Crippen molar-refractivity contribution in [2.45, 2.75) is 45.4 Å². The lowest BCUT2D eigenvalue weighted by molar-refractivity contribution is -0.253. The summed E-state index contributed by atoms with van der Waals surface area (Å²) in [6.07, 6.45) is -4.49. The first kappa shape index (κ1) is 19.0. The molecule has 138 valence electrons. The summed E-state index contributed by atoms with van der Waals surface area (Å²) in [5.74, 6) is -0.348. The van der Waals surface area contributed by atoms with Crippen LogP contribution < -0.4 is 9.47 Å². The number of methoxy groups -OCH3 is 1. The lowest BCUT2D eigenvalue weighted by Gasteiger charge is -2.38. The van der Waals surface area contributed by atoms with Crippen LogP contribution in [0, 0.1) is 6.92 Å². The van der Waals surface area contributed by atoms with Crippen molar-refractivity contribution in [1.82, 2.24) is 0 Å². The highest BCUT2D eigenvalue weighted by Crippen LogP contribution is 2.31. The van der Waals surface area contributed by atoms with E-state index in [1.54, 1.807) is 12.1 Å². The zero-order chi connectivity index (χ0) is 18.6. The fourth-order valence-corrected chi connectivity index (χ4v) is 2.51. The first-order valence-corrected chi connectivity index (χ1v) is 7.77. The maximum Gasteiger partial charge on any atom is 0.303 e.